The lowest BCUT2D eigenvalue weighted by molar-refractivity contribution is -0.136. The fourth-order valence-corrected chi connectivity index (χ4v) is 7.20. The highest BCUT2D eigenvalue weighted by atomic mass is 32.2. The smallest absolute Gasteiger partial charge is 0.248 e. The predicted octanol–water partition coefficient (Wildman–Crippen LogP) is 3.06. The Kier molecular flexibility index (Phi) is 5.08. The molecule has 1 spiro atoms. The number of aromatic nitrogens is 1. The van der Waals surface area contributed by atoms with E-state index in [4.69, 9.17) is 0 Å². The van der Waals surface area contributed by atoms with E-state index < -0.39 is 28.5 Å². The largest absolute Gasteiger partial charge is 0.402 e. The highest BCUT2D eigenvalue weighted by molar-refractivity contribution is 7.87. The normalized spacial score (nSPS) is 28.7. The SMILES string of the molecule is O=S1(=O)N[C@@]2(CN1CC(F)(F)F)[C@@H]1CC[C@H]2Cc2ccc(C#Cc3ccccn3)cc2C1. The Labute approximate surface area is 185 Å². The van der Waals surface area contributed by atoms with E-state index in [-0.39, 0.29) is 18.4 Å². The molecule has 2 bridgehead atoms. The summed E-state index contributed by atoms with van der Waals surface area (Å²) < 4.78 is 67.4. The number of alkyl halides is 3. The van der Waals surface area contributed by atoms with Crippen molar-refractivity contribution in [2.24, 2.45) is 11.8 Å². The molecule has 2 heterocycles. The number of fused-ring (bicyclic) bond motifs is 1. The summed E-state index contributed by atoms with van der Waals surface area (Å²) in [7, 11) is -4.17. The summed E-state index contributed by atoms with van der Waals surface area (Å²) in [4.78, 5) is 4.20. The van der Waals surface area contributed by atoms with Crippen LogP contribution in [0.2, 0.25) is 0 Å². The van der Waals surface area contributed by atoms with E-state index in [0.29, 0.717) is 22.8 Å². The molecule has 0 amide bonds. The van der Waals surface area contributed by atoms with Crippen LogP contribution in [0.1, 0.15) is 35.2 Å². The highest BCUT2D eigenvalue weighted by Crippen LogP contribution is 2.50. The fourth-order valence-electron chi connectivity index (χ4n) is 5.50. The van der Waals surface area contributed by atoms with Crippen LogP contribution in [0.25, 0.3) is 0 Å². The van der Waals surface area contributed by atoms with Crippen molar-refractivity contribution in [1.29, 1.82) is 0 Å². The number of halogens is 3. The summed E-state index contributed by atoms with van der Waals surface area (Å²) in [6.07, 6.45) is -0.0460. The van der Waals surface area contributed by atoms with Crippen LogP contribution in [-0.2, 0) is 23.1 Å². The monoisotopic (exact) mass is 461 g/mol. The molecule has 5 rings (SSSR count). The van der Waals surface area contributed by atoms with Crippen molar-refractivity contribution in [2.75, 3.05) is 13.1 Å². The van der Waals surface area contributed by atoms with Crippen LogP contribution < -0.4 is 4.72 Å². The lowest BCUT2D eigenvalue weighted by atomic mass is 9.79. The molecule has 0 radical (unpaired) electrons. The van der Waals surface area contributed by atoms with Crippen molar-refractivity contribution in [3.63, 3.8) is 0 Å². The average molecular weight is 462 g/mol. The lowest BCUT2D eigenvalue weighted by Gasteiger charge is -2.33. The molecule has 0 unspecified atom stereocenters. The zero-order chi connectivity index (χ0) is 22.6. The van der Waals surface area contributed by atoms with Gasteiger partial charge < -0.3 is 0 Å². The molecule has 2 fully saturated rings. The van der Waals surface area contributed by atoms with Crippen molar-refractivity contribution in [2.45, 2.75) is 37.4 Å². The van der Waals surface area contributed by atoms with E-state index in [1.165, 1.54) is 0 Å². The first kappa shape index (κ1) is 21.4. The molecule has 3 atom stereocenters. The van der Waals surface area contributed by atoms with E-state index in [1.807, 2.05) is 36.4 Å². The topological polar surface area (TPSA) is 62.3 Å². The summed E-state index contributed by atoms with van der Waals surface area (Å²) in [5, 5.41) is 0. The van der Waals surface area contributed by atoms with E-state index in [2.05, 4.69) is 21.5 Å². The summed E-state index contributed by atoms with van der Waals surface area (Å²) in [6.45, 7) is -1.59. The first-order valence-corrected chi connectivity index (χ1v) is 12.0. The summed E-state index contributed by atoms with van der Waals surface area (Å²) in [5.41, 5.74) is 2.87. The Morgan fingerprint density at radius 3 is 2.53 bits per heavy atom. The summed E-state index contributed by atoms with van der Waals surface area (Å²) in [5.74, 6) is 6.07. The Bertz CT molecular complexity index is 1200. The number of hydrogen-bond donors (Lipinski definition) is 1. The van der Waals surface area contributed by atoms with Gasteiger partial charge in [0.25, 0.3) is 10.2 Å². The third-order valence-corrected chi connectivity index (χ3v) is 8.49. The van der Waals surface area contributed by atoms with Crippen LogP contribution in [0.15, 0.2) is 42.6 Å². The maximum absolute atomic E-state index is 13.0. The van der Waals surface area contributed by atoms with E-state index in [1.54, 1.807) is 6.20 Å². The van der Waals surface area contributed by atoms with Crippen LogP contribution in [-0.4, -0.2) is 42.5 Å². The first-order chi connectivity index (χ1) is 15.1. The number of nitrogens with zero attached hydrogens (tertiary/aromatic N) is 2. The van der Waals surface area contributed by atoms with E-state index >= 15 is 0 Å². The molecular weight excluding hydrogens is 439 g/mol. The number of hydrogen-bond acceptors (Lipinski definition) is 3. The molecule has 3 aliphatic rings. The maximum atomic E-state index is 13.0. The van der Waals surface area contributed by atoms with Gasteiger partial charge in [-0.05, 0) is 78.8 Å². The first-order valence-electron chi connectivity index (χ1n) is 10.6. The Hall–Kier alpha value is -2.41. The molecule has 1 saturated heterocycles. The van der Waals surface area contributed by atoms with E-state index in [9.17, 15) is 21.6 Å². The number of rotatable bonds is 1. The number of pyridine rings is 1. The fraction of sp³-hybridized carbons (Fsp3) is 0.435. The van der Waals surface area contributed by atoms with Crippen LogP contribution in [0, 0.1) is 23.7 Å². The van der Waals surface area contributed by atoms with E-state index in [0.717, 1.165) is 29.5 Å². The quantitative estimate of drug-likeness (QED) is 0.664. The Morgan fingerprint density at radius 2 is 1.84 bits per heavy atom. The third-order valence-electron chi connectivity index (χ3n) is 6.91. The Balaban J connectivity index is 1.43. The zero-order valence-corrected chi connectivity index (χ0v) is 18.0. The molecule has 32 heavy (non-hydrogen) atoms. The van der Waals surface area contributed by atoms with Gasteiger partial charge in [0.05, 0.1) is 5.54 Å². The average Bonchev–Trinajstić information content (AvgIpc) is 3.11. The van der Waals surface area contributed by atoms with Crippen LogP contribution in [0.4, 0.5) is 13.2 Å². The molecule has 1 N–H and O–H groups in total. The van der Waals surface area contributed by atoms with Crippen molar-refractivity contribution >= 4 is 10.2 Å². The Morgan fingerprint density at radius 1 is 1.09 bits per heavy atom. The van der Waals surface area contributed by atoms with Crippen molar-refractivity contribution in [3.05, 3.63) is 65.0 Å². The van der Waals surface area contributed by atoms with Crippen LogP contribution in [0.3, 0.4) is 0 Å². The molecule has 1 aromatic carbocycles. The molecule has 1 aromatic heterocycles. The van der Waals surface area contributed by atoms with Crippen molar-refractivity contribution < 1.29 is 21.6 Å². The number of nitrogens with one attached hydrogen (secondary N) is 1. The molecule has 9 heteroatoms. The minimum atomic E-state index is -4.58. The molecule has 168 valence electrons. The van der Waals surface area contributed by atoms with Crippen LogP contribution >= 0.6 is 0 Å². The second-order valence-electron chi connectivity index (χ2n) is 8.86. The highest BCUT2D eigenvalue weighted by Gasteiger charge is 2.60. The zero-order valence-electron chi connectivity index (χ0n) is 17.2. The second kappa shape index (κ2) is 7.58. The van der Waals surface area contributed by atoms with Crippen molar-refractivity contribution in [3.8, 4) is 11.8 Å². The molecule has 1 aliphatic heterocycles. The standard InChI is InChI=1S/C23H22F3N3O2S/c24-23(25,26)15-29-14-22(28-32(29,30)31)19-7-8-20(22)13-18-11-16(4-6-17(18)12-19)5-9-21-3-1-2-10-27-21/h1-4,6,10-11,19-20,28H,7-8,12-15H2/t19-,20+,22+/m0/s1. The second-order valence-corrected chi connectivity index (χ2v) is 10.5. The molecule has 5 nitrogen and oxygen atoms in total. The molecular formula is C23H22F3N3O2S. The van der Waals surface area contributed by atoms with Gasteiger partial charge in [0.2, 0.25) is 0 Å². The minimum Gasteiger partial charge on any atom is -0.248 e. The molecule has 2 aliphatic carbocycles. The third kappa shape index (κ3) is 3.91. The van der Waals surface area contributed by atoms with Gasteiger partial charge in [-0.25, -0.2) is 4.98 Å². The minimum absolute atomic E-state index is 0.0350. The summed E-state index contributed by atoms with van der Waals surface area (Å²) >= 11 is 0. The van der Waals surface area contributed by atoms with Gasteiger partial charge in [0.1, 0.15) is 12.2 Å². The lowest BCUT2D eigenvalue weighted by Crippen LogP contribution is -2.52. The van der Waals surface area contributed by atoms with Gasteiger partial charge in [-0.2, -0.15) is 30.6 Å². The number of benzene rings is 1. The van der Waals surface area contributed by atoms with Gasteiger partial charge in [-0.15, -0.1) is 0 Å². The van der Waals surface area contributed by atoms with Gasteiger partial charge in [0.15, 0.2) is 0 Å². The molecule has 2 aromatic rings. The van der Waals surface area contributed by atoms with Gasteiger partial charge in [0, 0.05) is 18.3 Å². The molecule has 1 saturated carbocycles. The summed E-state index contributed by atoms with van der Waals surface area (Å²) in [6, 6.07) is 11.5. The van der Waals surface area contributed by atoms with Crippen LogP contribution in [0.5, 0.6) is 0 Å². The van der Waals surface area contributed by atoms with Gasteiger partial charge in [-0.3, -0.25) is 0 Å². The van der Waals surface area contributed by atoms with Gasteiger partial charge in [-0.1, -0.05) is 18.1 Å². The van der Waals surface area contributed by atoms with Gasteiger partial charge >= 0.3 is 6.18 Å². The van der Waals surface area contributed by atoms with Crippen molar-refractivity contribution in [1.82, 2.24) is 14.0 Å². The predicted molar refractivity (Wildman–Crippen MR) is 113 cm³/mol. The maximum Gasteiger partial charge on any atom is 0.402 e.